The molecule has 1 atom stereocenters. The zero-order valence-electron chi connectivity index (χ0n) is 14.6. The molecule has 0 spiro atoms. The van der Waals surface area contributed by atoms with Gasteiger partial charge in [-0.3, -0.25) is 0 Å². The quantitative estimate of drug-likeness (QED) is 0.865. The Morgan fingerprint density at radius 1 is 1.09 bits per heavy atom. The molecule has 1 saturated heterocycles. The lowest BCUT2D eigenvalue weighted by Gasteiger charge is -2.31. The molecule has 1 aliphatic heterocycles. The van der Waals surface area contributed by atoms with Crippen molar-refractivity contribution in [1.29, 1.82) is 0 Å². The summed E-state index contributed by atoms with van der Waals surface area (Å²) in [6.45, 7) is 12.1. The Bertz CT molecular complexity index is 671. The van der Waals surface area contributed by atoms with E-state index in [-0.39, 0.29) is 11.8 Å². The van der Waals surface area contributed by atoms with E-state index in [0.717, 1.165) is 55.0 Å². The number of rotatable bonds is 3. The van der Waals surface area contributed by atoms with Gasteiger partial charge in [-0.25, -0.2) is 9.97 Å². The molecule has 2 aromatic heterocycles. The Balaban J connectivity index is 1.80. The average molecular weight is 315 g/mol. The number of piperidine rings is 1. The fourth-order valence-corrected chi connectivity index (χ4v) is 2.90. The van der Waals surface area contributed by atoms with Crippen LogP contribution in [0.5, 0.6) is 0 Å². The highest BCUT2D eigenvalue weighted by atomic mass is 16.5. The third kappa shape index (κ3) is 3.21. The molecule has 3 rings (SSSR count). The summed E-state index contributed by atoms with van der Waals surface area (Å²) in [4.78, 5) is 16.1. The first kappa shape index (κ1) is 15.9. The maximum Gasteiger partial charge on any atom is 0.231 e. The van der Waals surface area contributed by atoms with Crippen molar-refractivity contribution in [2.75, 3.05) is 18.0 Å². The van der Waals surface area contributed by atoms with Gasteiger partial charge in [-0.05, 0) is 39.2 Å². The normalized spacial score (nSPS) is 18.7. The van der Waals surface area contributed by atoms with Crippen LogP contribution in [-0.2, 0) is 0 Å². The van der Waals surface area contributed by atoms with Gasteiger partial charge in [0.25, 0.3) is 0 Å². The summed E-state index contributed by atoms with van der Waals surface area (Å²) in [5.74, 6) is 2.90. The summed E-state index contributed by atoms with van der Waals surface area (Å²) in [6.07, 6.45) is 2.15. The van der Waals surface area contributed by atoms with Crippen LogP contribution in [0.4, 0.5) is 5.95 Å². The first-order chi connectivity index (χ1) is 11.0. The van der Waals surface area contributed by atoms with Crippen molar-refractivity contribution in [3.8, 4) is 0 Å². The number of anilines is 1. The van der Waals surface area contributed by atoms with Crippen LogP contribution in [0, 0.1) is 20.8 Å². The molecule has 0 aromatic carbocycles. The number of aromatic nitrogens is 4. The molecule has 2 aromatic rings. The van der Waals surface area contributed by atoms with Gasteiger partial charge in [0.05, 0.1) is 5.92 Å². The largest absolute Gasteiger partial charge is 0.340 e. The second kappa shape index (κ2) is 6.26. The highest BCUT2D eigenvalue weighted by molar-refractivity contribution is 5.37. The fraction of sp³-hybridized carbons (Fsp3) is 0.647. The Kier molecular flexibility index (Phi) is 4.33. The Morgan fingerprint density at radius 3 is 2.39 bits per heavy atom. The SMILES string of the molecule is Cc1nc(N2CCCC(c3nc(C(C)C)no3)C2)nc(C)c1C. The van der Waals surface area contributed by atoms with Gasteiger partial charge in [-0.1, -0.05) is 19.0 Å². The molecular formula is C17H25N5O. The molecule has 3 heterocycles. The highest BCUT2D eigenvalue weighted by Gasteiger charge is 2.28. The van der Waals surface area contributed by atoms with Gasteiger partial charge in [0.2, 0.25) is 11.8 Å². The molecule has 6 heteroatoms. The molecule has 0 amide bonds. The van der Waals surface area contributed by atoms with Crippen molar-refractivity contribution in [2.45, 2.75) is 59.3 Å². The van der Waals surface area contributed by atoms with Crippen LogP contribution in [-0.4, -0.2) is 33.2 Å². The first-order valence-corrected chi connectivity index (χ1v) is 8.36. The maximum atomic E-state index is 5.49. The van der Waals surface area contributed by atoms with E-state index in [1.54, 1.807) is 0 Å². The summed E-state index contributed by atoms with van der Waals surface area (Å²) >= 11 is 0. The van der Waals surface area contributed by atoms with Crippen LogP contribution in [0.15, 0.2) is 4.52 Å². The van der Waals surface area contributed by atoms with Gasteiger partial charge in [0.1, 0.15) is 0 Å². The van der Waals surface area contributed by atoms with E-state index in [4.69, 9.17) is 4.52 Å². The molecule has 0 bridgehead atoms. The summed E-state index contributed by atoms with van der Waals surface area (Å²) in [6, 6.07) is 0. The van der Waals surface area contributed by atoms with E-state index < -0.39 is 0 Å². The predicted molar refractivity (Wildman–Crippen MR) is 88.8 cm³/mol. The lowest BCUT2D eigenvalue weighted by Crippen LogP contribution is -2.36. The molecule has 0 saturated carbocycles. The third-order valence-corrected chi connectivity index (χ3v) is 4.65. The molecular weight excluding hydrogens is 290 g/mol. The van der Waals surface area contributed by atoms with Crippen molar-refractivity contribution in [3.63, 3.8) is 0 Å². The lowest BCUT2D eigenvalue weighted by atomic mass is 9.98. The minimum atomic E-state index is 0.259. The van der Waals surface area contributed by atoms with E-state index >= 15 is 0 Å². The van der Waals surface area contributed by atoms with E-state index in [9.17, 15) is 0 Å². The van der Waals surface area contributed by atoms with Crippen molar-refractivity contribution in [3.05, 3.63) is 28.7 Å². The average Bonchev–Trinajstić information content (AvgIpc) is 3.02. The molecule has 0 N–H and O–H groups in total. The number of hydrogen-bond donors (Lipinski definition) is 0. The zero-order valence-corrected chi connectivity index (χ0v) is 14.6. The van der Waals surface area contributed by atoms with Crippen molar-refractivity contribution >= 4 is 5.95 Å². The van der Waals surface area contributed by atoms with Gasteiger partial charge in [-0.2, -0.15) is 4.98 Å². The van der Waals surface area contributed by atoms with Crippen molar-refractivity contribution in [2.24, 2.45) is 0 Å². The van der Waals surface area contributed by atoms with Gasteiger partial charge < -0.3 is 9.42 Å². The number of aryl methyl sites for hydroxylation is 2. The van der Waals surface area contributed by atoms with E-state index in [1.165, 1.54) is 5.56 Å². The number of hydrogen-bond acceptors (Lipinski definition) is 6. The molecule has 0 radical (unpaired) electrons. The number of nitrogens with zero attached hydrogens (tertiary/aromatic N) is 5. The molecule has 124 valence electrons. The van der Waals surface area contributed by atoms with Crippen LogP contribution < -0.4 is 4.90 Å². The first-order valence-electron chi connectivity index (χ1n) is 8.36. The fourth-order valence-electron chi connectivity index (χ4n) is 2.90. The minimum absolute atomic E-state index is 0.259. The van der Waals surface area contributed by atoms with Crippen LogP contribution in [0.25, 0.3) is 0 Å². The molecule has 1 fully saturated rings. The predicted octanol–water partition coefficient (Wildman–Crippen LogP) is 3.29. The highest BCUT2D eigenvalue weighted by Crippen LogP contribution is 2.29. The van der Waals surface area contributed by atoms with Gasteiger partial charge in [0.15, 0.2) is 5.82 Å². The van der Waals surface area contributed by atoms with Crippen LogP contribution >= 0.6 is 0 Å². The Morgan fingerprint density at radius 2 is 1.78 bits per heavy atom. The van der Waals surface area contributed by atoms with Crippen LogP contribution in [0.3, 0.4) is 0 Å². The summed E-state index contributed by atoms with van der Waals surface area (Å²) in [5, 5.41) is 4.09. The second-order valence-corrected chi connectivity index (χ2v) is 6.75. The smallest absolute Gasteiger partial charge is 0.231 e. The Labute approximate surface area is 137 Å². The van der Waals surface area contributed by atoms with E-state index in [2.05, 4.69) is 45.8 Å². The molecule has 0 aliphatic carbocycles. The summed E-state index contributed by atoms with van der Waals surface area (Å²) in [5.41, 5.74) is 3.27. The van der Waals surface area contributed by atoms with Crippen LogP contribution in [0.1, 0.15) is 67.2 Å². The van der Waals surface area contributed by atoms with Gasteiger partial charge >= 0.3 is 0 Å². The molecule has 6 nitrogen and oxygen atoms in total. The topological polar surface area (TPSA) is 67.9 Å². The zero-order chi connectivity index (χ0) is 16.6. The molecule has 1 unspecified atom stereocenters. The molecule has 23 heavy (non-hydrogen) atoms. The van der Waals surface area contributed by atoms with E-state index in [0.29, 0.717) is 0 Å². The summed E-state index contributed by atoms with van der Waals surface area (Å²) in [7, 11) is 0. The van der Waals surface area contributed by atoms with E-state index in [1.807, 2.05) is 13.8 Å². The Hall–Kier alpha value is -1.98. The third-order valence-electron chi connectivity index (χ3n) is 4.65. The van der Waals surface area contributed by atoms with Gasteiger partial charge in [0, 0.05) is 30.4 Å². The van der Waals surface area contributed by atoms with Gasteiger partial charge in [-0.15, -0.1) is 0 Å². The second-order valence-electron chi connectivity index (χ2n) is 6.75. The maximum absolute atomic E-state index is 5.49. The monoisotopic (exact) mass is 315 g/mol. The lowest BCUT2D eigenvalue weighted by molar-refractivity contribution is 0.329. The van der Waals surface area contributed by atoms with Crippen molar-refractivity contribution in [1.82, 2.24) is 20.1 Å². The molecule has 1 aliphatic rings. The minimum Gasteiger partial charge on any atom is -0.340 e. The van der Waals surface area contributed by atoms with Crippen molar-refractivity contribution < 1.29 is 4.52 Å². The van der Waals surface area contributed by atoms with Crippen LogP contribution in [0.2, 0.25) is 0 Å². The summed E-state index contributed by atoms with van der Waals surface area (Å²) < 4.78 is 5.49. The standard InChI is InChI=1S/C17H25N5O/c1-10(2)15-20-16(23-21-15)14-7-6-8-22(9-14)17-18-12(4)11(3)13(5)19-17/h10,14H,6-9H2,1-5H3.